The lowest BCUT2D eigenvalue weighted by Gasteiger charge is -2.09. The zero-order valence-corrected chi connectivity index (χ0v) is 16.8. The van der Waals surface area contributed by atoms with Gasteiger partial charge in [0, 0.05) is 11.3 Å². The molecular formula is C21H17F2N3O6. The van der Waals surface area contributed by atoms with Gasteiger partial charge in [-0.2, -0.15) is 13.9 Å². The molecule has 0 unspecified atom stereocenters. The van der Waals surface area contributed by atoms with E-state index in [4.69, 9.17) is 0 Å². The third kappa shape index (κ3) is 5.25. The average Bonchev–Trinajstić information content (AvgIpc) is 3.28. The molecule has 1 heterocycles. The number of amides is 1. The Balaban J connectivity index is 1.80. The molecule has 0 fully saturated rings. The van der Waals surface area contributed by atoms with Crippen molar-refractivity contribution in [3.63, 3.8) is 0 Å². The number of halogens is 2. The maximum Gasteiger partial charge on any atom is 0.387 e. The van der Waals surface area contributed by atoms with Gasteiger partial charge in [-0.3, -0.25) is 9.89 Å². The molecule has 0 bridgehead atoms. The smallest absolute Gasteiger partial charge is 0.387 e. The largest absolute Gasteiger partial charge is 0.465 e. The van der Waals surface area contributed by atoms with E-state index >= 15 is 0 Å². The Morgan fingerprint density at radius 2 is 1.53 bits per heavy atom. The molecule has 0 atom stereocenters. The third-order valence-corrected chi connectivity index (χ3v) is 4.23. The molecule has 0 saturated heterocycles. The number of alkyl halides is 2. The fraction of sp³-hybridized carbons (Fsp3) is 0.143. The molecule has 32 heavy (non-hydrogen) atoms. The number of anilines is 1. The summed E-state index contributed by atoms with van der Waals surface area (Å²) < 4.78 is 38.1. The molecule has 2 aromatic carbocycles. The summed E-state index contributed by atoms with van der Waals surface area (Å²) in [5.74, 6) is -2.01. The lowest BCUT2D eigenvalue weighted by atomic mass is 10.1. The Kier molecular flexibility index (Phi) is 6.78. The fourth-order valence-corrected chi connectivity index (χ4v) is 2.76. The maximum atomic E-state index is 12.6. The number of nitrogens with one attached hydrogen (secondary N) is 2. The monoisotopic (exact) mass is 445 g/mol. The number of aromatic amines is 1. The highest BCUT2D eigenvalue weighted by atomic mass is 19.3. The Morgan fingerprint density at radius 1 is 0.938 bits per heavy atom. The van der Waals surface area contributed by atoms with E-state index in [0.717, 1.165) is 0 Å². The maximum absolute atomic E-state index is 12.6. The number of H-pyrrole nitrogens is 1. The van der Waals surface area contributed by atoms with Gasteiger partial charge in [0.2, 0.25) is 0 Å². The van der Waals surface area contributed by atoms with E-state index in [0.29, 0.717) is 11.3 Å². The first-order valence-electron chi connectivity index (χ1n) is 9.04. The van der Waals surface area contributed by atoms with Crippen molar-refractivity contribution in [2.24, 2.45) is 0 Å². The summed E-state index contributed by atoms with van der Waals surface area (Å²) in [4.78, 5) is 36.4. The quantitative estimate of drug-likeness (QED) is 0.534. The van der Waals surface area contributed by atoms with Gasteiger partial charge in [0.15, 0.2) is 0 Å². The number of nitrogens with zero attached hydrogens (tertiary/aromatic N) is 1. The second-order valence-electron chi connectivity index (χ2n) is 6.31. The second kappa shape index (κ2) is 9.69. The summed E-state index contributed by atoms with van der Waals surface area (Å²) in [6, 6.07) is 11.1. The molecule has 3 rings (SSSR count). The number of benzene rings is 2. The van der Waals surface area contributed by atoms with Crippen LogP contribution in [-0.2, 0) is 9.47 Å². The Labute approximate surface area is 180 Å². The van der Waals surface area contributed by atoms with E-state index in [2.05, 4.69) is 29.7 Å². The van der Waals surface area contributed by atoms with Crippen molar-refractivity contribution < 1.29 is 37.4 Å². The Bertz CT molecular complexity index is 1110. The number of rotatable bonds is 7. The van der Waals surface area contributed by atoms with Gasteiger partial charge in [0.25, 0.3) is 5.91 Å². The molecule has 0 aliphatic carbocycles. The van der Waals surface area contributed by atoms with Crippen molar-refractivity contribution in [2.45, 2.75) is 6.61 Å². The van der Waals surface area contributed by atoms with Gasteiger partial charge in [-0.05, 0) is 48.5 Å². The zero-order chi connectivity index (χ0) is 23.3. The molecule has 166 valence electrons. The third-order valence-electron chi connectivity index (χ3n) is 4.23. The van der Waals surface area contributed by atoms with E-state index in [1.807, 2.05) is 0 Å². The number of hydrogen-bond donors (Lipinski definition) is 2. The lowest BCUT2D eigenvalue weighted by molar-refractivity contribution is -0.0498. The number of ether oxygens (including phenoxy) is 3. The SMILES string of the molecule is COC(=O)c1cc(NC(=O)c2cc(-c3ccc(OC(F)F)cc3)n[nH]2)cc(C(=O)OC)c1. The molecule has 2 N–H and O–H groups in total. The van der Waals surface area contributed by atoms with E-state index in [1.54, 1.807) is 0 Å². The first-order chi connectivity index (χ1) is 15.3. The predicted molar refractivity (Wildman–Crippen MR) is 108 cm³/mol. The fourth-order valence-electron chi connectivity index (χ4n) is 2.76. The summed E-state index contributed by atoms with van der Waals surface area (Å²) in [5.41, 5.74) is 1.27. The van der Waals surface area contributed by atoms with Crippen LogP contribution in [0.3, 0.4) is 0 Å². The minimum Gasteiger partial charge on any atom is -0.465 e. The van der Waals surface area contributed by atoms with Gasteiger partial charge in [-0.1, -0.05) is 0 Å². The van der Waals surface area contributed by atoms with Crippen LogP contribution < -0.4 is 10.1 Å². The first kappa shape index (κ1) is 22.4. The Morgan fingerprint density at radius 3 is 2.06 bits per heavy atom. The van der Waals surface area contributed by atoms with Crippen molar-refractivity contribution in [2.75, 3.05) is 19.5 Å². The molecule has 1 amide bonds. The molecule has 0 radical (unpaired) electrons. The van der Waals surface area contributed by atoms with Crippen LogP contribution in [0.4, 0.5) is 14.5 Å². The lowest BCUT2D eigenvalue weighted by Crippen LogP contribution is -2.14. The van der Waals surface area contributed by atoms with Crippen molar-refractivity contribution in [3.05, 3.63) is 65.4 Å². The van der Waals surface area contributed by atoms with E-state index < -0.39 is 24.5 Å². The summed E-state index contributed by atoms with van der Waals surface area (Å²) >= 11 is 0. The van der Waals surface area contributed by atoms with Crippen LogP contribution in [0.15, 0.2) is 48.5 Å². The van der Waals surface area contributed by atoms with Crippen LogP contribution in [0.2, 0.25) is 0 Å². The number of hydrogen-bond acceptors (Lipinski definition) is 7. The van der Waals surface area contributed by atoms with Crippen LogP contribution >= 0.6 is 0 Å². The second-order valence-corrected chi connectivity index (χ2v) is 6.31. The highest BCUT2D eigenvalue weighted by Gasteiger charge is 2.17. The molecular weight excluding hydrogens is 428 g/mol. The van der Waals surface area contributed by atoms with Crippen molar-refractivity contribution in [1.29, 1.82) is 0 Å². The van der Waals surface area contributed by atoms with E-state index in [-0.39, 0.29) is 28.3 Å². The molecule has 1 aromatic heterocycles. The topological polar surface area (TPSA) is 120 Å². The minimum atomic E-state index is -2.93. The van der Waals surface area contributed by atoms with E-state index in [9.17, 15) is 23.2 Å². The molecule has 0 saturated carbocycles. The van der Waals surface area contributed by atoms with Gasteiger partial charge < -0.3 is 19.5 Å². The summed E-state index contributed by atoms with van der Waals surface area (Å²) in [6.45, 7) is -2.93. The summed E-state index contributed by atoms with van der Waals surface area (Å²) in [7, 11) is 2.37. The standard InChI is InChI=1S/C21H17F2N3O6/c1-30-19(28)12-7-13(20(29)31-2)9-14(8-12)24-18(27)17-10-16(25-26-17)11-3-5-15(6-4-11)32-21(22)23/h3-10,21H,1-2H3,(H,24,27)(H,25,26). The average molecular weight is 445 g/mol. The van der Waals surface area contributed by atoms with Gasteiger partial charge in [0.1, 0.15) is 11.4 Å². The van der Waals surface area contributed by atoms with Gasteiger partial charge in [-0.25, -0.2) is 9.59 Å². The number of esters is 2. The van der Waals surface area contributed by atoms with Crippen LogP contribution in [0.5, 0.6) is 5.75 Å². The van der Waals surface area contributed by atoms with Gasteiger partial charge >= 0.3 is 18.6 Å². The van der Waals surface area contributed by atoms with Crippen LogP contribution in [0.1, 0.15) is 31.2 Å². The van der Waals surface area contributed by atoms with Crippen LogP contribution in [-0.4, -0.2) is 48.9 Å². The van der Waals surface area contributed by atoms with Crippen LogP contribution in [0.25, 0.3) is 11.3 Å². The van der Waals surface area contributed by atoms with E-state index in [1.165, 1.54) is 62.8 Å². The predicted octanol–water partition coefficient (Wildman–Crippen LogP) is 3.50. The van der Waals surface area contributed by atoms with Gasteiger partial charge in [-0.15, -0.1) is 0 Å². The normalized spacial score (nSPS) is 10.5. The molecule has 11 heteroatoms. The summed E-state index contributed by atoms with van der Waals surface area (Å²) in [6.07, 6.45) is 0. The molecule has 0 aliphatic rings. The molecule has 0 spiro atoms. The van der Waals surface area contributed by atoms with Crippen molar-refractivity contribution in [1.82, 2.24) is 10.2 Å². The highest BCUT2D eigenvalue weighted by Crippen LogP contribution is 2.23. The van der Waals surface area contributed by atoms with Crippen molar-refractivity contribution >= 4 is 23.5 Å². The zero-order valence-electron chi connectivity index (χ0n) is 16.8. The number of carbonyl (C=O) groups is 3. The number of aromatic nitrogens is 2. The first-order valence-corrected chi connectivity index (χ1v) is 9.04. The molecule has 3 aromatic rings. The number of carbonyl (C=O) groups excluding carboxylic acids is 3. The Hall–Kier alpha value is -4.28. The number of methoxy groups -OCH3 is 2. The van der Waals surface area contributed by atoms with Crippen molar-refractivity contribution in [3.8, 4) is 17.0 Å². The summed E-state index contributed by atoms with van der Waals surface area (Å²) in [5, 5.41) is 9.17. The molecule has 9 nitrogen and oxygen atoms in total. The highest BCUT2D eigenvalue weighted by molar-refractivity contribution is 6.05. The van der Waals surface area contributed by atoms with Gasteiger partial charge in [0.05, 0.1) is 31.0 Å². The van der Waals surface area contributed by atoms with Crippen LogP contribution in [0, 0.1) is 0 Å². The minimum absolute atomic E-state index is 0.0100. The molecule has 0 aliphatic heterocycles.